The number of nitrogens with zero attached hydrogens (tertiary/aromatic N) is 1. The number of nitrogens with two attached hydrogens (primary N) is 1. The molecule has 0 aromatic heterocycles. The van der Waals surface area contributed by atoms with Crippen molar-refractivity contribution in [3.8, 4) is 5.75 Å². The highest BCUT2D eigenvalue weighted by molar-refractivity contribution is 6.30. The molecule has 1 aliphatic rings. The van der Waals surface area contributed by atoms with Crippen molar-refractivity contribution in [1.29, 1.82) is 0 Å². The van der Waals surface area contributed by atoms with E-state index in [1.807, 2.05) is 19.1 Å². The fourth-order valence-electron chi connectivity index (χ4n) is 2.10. The van der Waals surface area contributed by atoms with E-state index in [-0.39, 0.29) is 12.1 Å². The molecular weight excluding hydrogens is 240 g/mol. The first-order valence-electron chi connectivity index (χ1n) is 5.56. The highest BCUT2D eigenvalue weighted by Gasteiger charge is 2.34. The maximum Gasteiger partial charge on any atom is 0.315 e. The van der Waals surface area contributed by atoms with Gasteiger partial charge in [-0.15, -0.1) is 0 Å². The summed E-state index contributed by atoms with van der Waals surface area (Å²) in [4.78, 5) is 12.8. The number of likely N-dealkylation sites (tertiary alicyclic amines) is 1. The lowest BCUT2D eigenvalue weighted by atomic mass is 10.2. The van der Waals surface area contributed by atoms with Crippen LogP contribution < -0.4 is 10.5 Å². The van der Waals surface area contributed by atoms with Gasteiger partial charge in [-0.25, -0.2) is 4.79 Å². The molecule has 0 radical (unpaired) electrons. The summed E-state index contributed by atoms with van der Waals surface area (Å²) in [6, 6.07) is 6.85. The average molecular weight is 255 g/mol. The number of rotatable bonds is 2. The minimum atomic E-state index is -0.394. The van der Waals surface area contributed by atoms with Crippen molar-refractivity contribution in [2.75, 3.05) is 6.54 Å². The molecule has 2 rings (SSSR count). The third kappa shape index (κ3) is 2.64. The first-order valence-corrected chi connectivity index (χ1v) is 5.94. The van der Waals surface area contributed by atoms with Gasteiger partial charge in [-0.1, -0.05) is 17.7 Å². The molecule has 1 fully saturated rings. The first-order chi connectivity index (χ1) is 8.08. The van der Waals surface area contributed by atoms with E-state index in [1.165, 1.54) is 0 Å². The fraction of sp³-hybridized carbons (Fsp3) is 0.417. The summed E-state index contributed by atoms with van der Waals surface area (Å²) in [6.07, 6.45) is 0.761. The number of primary amides is 1. The highest BCUT2D eigenvalue weighted by atomic mass is 35.5. The topological polar surface area (TPSA) is 55.6 Å². The van der Waals surface area contributed by atoms with Gasteiger partial charge in [0.1, 0.15) is 11.9 Å². The van der Waals surface area contributed by atoms with Crippen LogP contribution in [-0.2, 0) is 0 Å². The fourth-order valence-corrected chi connectivity index (χ4v) is 2.28. The number of amides is 2. The van der Waals surface area contributed by atoms with Gasteiger partial charge in [0, 0.05) is 18.0 Å². The SMILES string of the molecule is CC1C(Oc2cccc(Cl)c2)CCN1C(N)=O. The molecule has 1 aromatic carbocycles. The average Bonchev–Trinajstić information content (AvgIpc) is 2.61. The molecule has 1 aliphatic heterocycles. The largest absolute Gasteiger partial charge is 0.488 e. The van der Waals surface area contributed by atoms with Crippen LogP contribution in [0.25, 0.3) is 0 Å². The monoisotopic (exact) mass is 254 g/mol. The van der Waals surface area contributed by atoms with Gasteiger partial charge in [-0.3, -0.25) is 0 Å². The van der Waals surface area contributed by atoms with Crippen molar-refractivity contribution < 1.29 is 9.53 Å². The van der Waals surface area contributed by atoms with Gasteiger partial charge in [0.25, 0.3) is 0 Å². The van der Waals surface area contributed by atoms with Crippen LogP contribution in [0.4, 0.5) is 4.79 Å². The van der Waals surface area contributed by atoms with Crippen LogP contribution in [0.1, 0.15) is 13.3 Å². The Morgan fingerprint density at radius 1 is 1.59 bits per heavy atom. The third-order valence-corrected chi connectivity index (χ3v) is 3.29. The van der Waals surface area contributed by atoms with Crippen molar-refractivity contribution in [1.82, 2.24) is 4.90 Å². The Morgan fingerprint density at radius 2 is 2.35 bits per heavy atom. The lowest BCUT2D eigenvalue weighted by molar-refractivity contribution is 0.152. The zero-order chi connectivity index (χ0) is 12.4. The minimum Gasteiger partial charge on any atom is -0.488 e. The normalized spacial score (nSPS) is 23.8. The van der Waals surface area contributed by atoms with E-state index in [9.17, 15) is 4.79 Å². The molecule has 92 valence electrons. The second-order valence-electron chi connectivity index (χ2n) is 4.17. The van der Waals surface area contributed by atoms with Crippen LogP contribution in [-0.4, -0.2) is 29.6 Å². The Balaban J connectivity index is 2.03. The molecule has 0 aliphatic carbocycles. The predicted molar refractivity (Wildman–Crippen MR) is 66.2 cm³/mol. The van der Waals surface area contributed by atoms with Gasteiger partial charge in [0.2, 0.25) is 0 Å². The molecule has 5 heteroatoms. The van der Waals surface area contributed by atoms with Crippen LogP contribution in [0, 0.1) is 0 Å². The summed E-state index contributed by atoms with van der Waals surface area (Å²) in [6.45, 7) is 2.58. The Hall–Kier alpha value is -1.42. The van der Waals surface area contributed by atoms with E-state index in [4.69, 9.17) is 22.1 Å². The number of carbonyl (C=O) groups is 1. The van der Waals surface area contributed by atoms with E-state index in [1.54, 1.807) is 17.0 Å². The molecule has 2 N–H and O–H groups in total. The van der Waals surface area contributed by atoms with E-state index >= 15 is 0 Å². The standard InChI is InChI=1S/C12H15ClN2O2/c1-8-11(5-6-15(8)12(14)16)17-10-4-2-3-9(13)7-10/h2-4,7-8,11H,5-6H2,1H3,(H2,14,16). The number of hydrogen-bond donors (Lipinski definition) is 1. The van der Waals surface area contributed by atoms with Crippen LogP contribution in [0.5, 0.6) is 5.75 Å². The zero-order valence-electron chi connectivity index (χ0n) is 9.60. The molecule has 1 aromatic rings. The first kappa shape index (κ1) is 12.0. The second-order valence-corrected chi connectivity index (χ2v) is 4.61. The number of benzene rings is 1. The van der Waals surface area contributed by atoms with Crippen molar-refractivity contribution in [2.45, 2.75) is 25.5 Å². The molecule has 0 bridgehead atoms. The Bertz CT molecular complexity index is 425. The molecule has 2 atom stereocenters. The smallest absolute Gasteiger partial charge is 0.315 e. The number of carbonyl (C=O) groups excluding carboxylic acids is 1. The van der Waals surface area contributed by atoms with Crippen molar-refractivity contribution in [3.63, 3.8) is 0 Å². The van der Waals surface area contributed by atoms with Crippen molar-refractivity contribution in [3.05, 3.63) is 29.3 Å². The molecule has 2 unspecified atom stereocenters. The molecule has 2 amide bonds. The van der Waals surface area contributed by atoms with Crippen LogP contribution >= 0.6 is 11.6 Å². The van der Waals surface area contributed by atoms with Gasteiger partial charge in [-0.2, -0.15) is 0 Å². The molecule has 17 heavy (non-hydrogen) atoms. The summed E-state index contributed by atoms with van der Waals surface area (Å²) in [5, 5.41) is 0.639. The van der Waals surface area contributed by atoms with Crippen molar-refractivity contribution in [2.24, 2.45) is 5.73 Å². The molecular formula is C12H15ClN2O2. The maximum absolute atomic E-state index is 11.1. The van der Waals surface area contributed by atoms with Gasteiger partial charge in [-0.05, 0) is 25.1 Å². The number of halogens is 1. The van der Waals surface area contributed by atoms with E-state index in [0.29, 0.717) is 11.6 Å². The molecule has 1 heterocycles. The Morgan fingerprint density at radius 3 is 2.94 bits per heavy atom. The highest BCUT2D eigenvalue weighted by Crippen LogP contribution is 2.25. The molecule has 1 saturated heterocycles. The van der Waals surface area contributed by atoms with Gasteiger partial charge in [0.15, 0.2) is 0 Å². The van der Waals surface area contributed by atoms with Gasteiger partial charge >= 0.3 is 6.03 Å². The zero-order valence-corrected chi connectivity index (χ0v) is 10.4. The summed E-state index contributed by atoms with van der Waals surface area (Å²) >= 11 is 5.88. The summed E-state index contributed by atoms with van der Waals surface area (Å²) in [5.74, 6) is 0.723. The summed E-state index contributed by atoms with van der Waals surface area (Å²) in [7, 11) is 0. The number of urea groups is 1. The van der Waals surface area contributed by atoms with E-state index < -0.39 is 6.03 Å². The third-order valence-electron chi connectivity index (χ3n) is 3.05. The second kappa shape index (κ2) is 4.84. The molecule has 0 spiro atoms. The van der Waals surface area contributed by atoms with Gasteiger partial charge in [0.05, 0.1) is 6.04 Å². The predicted octanol–water partition coefficient (Wildman–Crippen LogP) is 2.26. The van der Waals surface area contributed by atoms with E-state index in [0.717, 1.165) is 12.2 Å². The van der Waals surface area contributed by atoms with Gasteiger partial charge < -0.3 is 15.4 Å². The Kier molecular flexibility index (Phi) is 3.43. The van der Waals surface area contributed by atoms with Crippen molar-refractivity contribution >= 4 is 17.6 Å². The Labute approximate surface area is 105 Å². The van der Waals surface area contributed by atoms with Crippen LogP contribution in [0.2, 0.25) is 5.02 Å². The van der Waals surface area contributed by atoms with E-state index in [2.05, 4.69) is 0 Å². The quantitative estimate of drug-likeness (QED) is 0.880. The molecule has 4 nitrogen and oxygen atoms in total. The number of hydrogen-bond acceptors (Lipinski definition) is 2. The van der Waals surface area contributed by atoms with Crippen LogP contribution in [0.3, 0.4) is 0 Å². The maximum atomic E-state index is 11.1. The lowest BCUT2D eigenvalue weighted by Crippen LogP contribution is -2.42. The lowest BCUT2D eigenvalue weighted by Gasteiger charge is -2.23. The summed E-state index contributed by atoms with van der Waals surface area (Å²) in [5.41, 5.74) is 5.28. The number of ether oxygens (including phenoxy) is 1. The summed E-state index contributed by atoms with van der Waals surface area (Å²) < 4.78 is 5.81. The van der Waals surface area contributed by atoms with Crippen LogP contribution in [0.15, 0.2) is 24.3 Å². The molecule has 0 saturated carbocycles. The minimum absolute atomic E-state index is 0.00789.